The van der Waals surface area contributed by atoms with Crippen LogP contribution in [0.3, 0.4) is 0 Å². The lowest BCUT2D eigenvalue weighted by Crippen LogP contribution is -2.28. The summed E-state index contributed by atoms with van der Waals surface area (Å²) >= 11 is 0. The minimum absolute atomic E-state index is 0.0435. The van der Waals surface area contributed by atoms with Gasteiger partial charge in [0.1, 0.15) is 0 Å². The van der Waals surface area contributed by atoms with Gasteiger partial charge in [0, 0.05) is 13.1 Å². The number of carbonyl (C=O) groups is 1. The molecule has 0 bridgehead atoms. The van der Waals surface area contributed by atoms with Gasteiger partial charge in [-0.05, 0) is 24.6 Å². The number of nitrogens with zero attached hydrogens (tertiary/aromatic N) is 1. The van der Waals surface area contributed by atoms with E-state index < -0.39 is 5.97 Å². The minimum atomic E-state index is -0.392. The molecule has 18 heavy (non-hydrogen) atoms. The van der Waals surface area contributed by atoms with Crippen LogP contribution in [-0.2, 0) is 4.74 Å². The largest absolute Gasteiger partial charge is 0.465 e. The number of methoxy groups -OCH3 is 1. The quantitative estimate of drug-likeness (QED) is 0.589. The van der Waals surface area contributed by atoms with E-state index in [1.165, 1.54) is 7.11 Å². The normalized spacial score (nSPS) is 10.2. The Balaban J connectivity index is 3.07. The van der Waals surface area contributed by atoms with Crippen LogP contribution < -0.4 is 10.6 Å². The topological polar surface area (TPSA) is 75.8 Å². The molecule has 0 atom stereocenters. The van der Waals surface area contributed by atoms with Gasteiger partial charge in [-0.3, -0.25) is 0 Å². The first-order valence-electron chi connectivity index (χ1n) is 5.97. The summed E-state index contributed by atoms with van der Waals surface area (Å²) in [5, 5.41) is 9.07. The second-order valence-corrected chi connectivity index (χ2v) is 3.98. The third-order valence-corrected chi connectivity index (χ3v) is 2.66. The summed E-state index contributed by atoms with van der Waals surface area (Å²) in [5.74, 6) is -0.392. The van der Waals surface area contributed by atoms with Crippen LogP contribution in [-0.4, -0.2) is 37.9 Å². The molecule has 0 aromatic heterocycles. The number of rotatable bonds is 6. The van der Waals surface area contributed by atoms with Crippen LogP contribution in [0.15, 0.2) is 18.2 Å². The molecule has 0 unspecified atom stereocenters. The van der Waals surface area contributed by atoms with Crippen LogP contribution in [0.1, 0.15) is 23.7 Å². The highest BCUT2D eigenvalue weighted by Gasteiger charge is 2.13. The first-order chi connectivity index (χ1) is 8.63. The highest BCUT2D eigenvalue weighted by Crippen LogP contribution is 2.25. The highest BCUT2D eigenvalue weighted by molar-refractivity contribution is 5.92. The van der Waals surface area contributed by atoms with Crippen molar-refractivity contribution in [1.82, 2.24) is 0 Å². The van der Waals surface area contributed by atoms with Gasteiger partial charge < -0.3 is 20.5 Å². The summed E-state index contributed by atoms with van der Waals surface area (Å²) in [5.41, 5.74) is 7.72. The fraction of sp³-hybridized carbons (Fsp3) is 0.462. The van der Waals surface area contributed by atoms with Gasteiger partial charge >= 0.3 is 5.97 Å². The van der Waals surface area contributed by atoms with E-state index in [0.717, 1.165) is 18.7 Å². The first-order valence-corrected chi connectivity index (χ1v) is 5.97. The van der Waals surface area contributed by atoms with Crippen molar-refractivity contribution in [2.75, 3.05) is 37.4 Å². The summed E-state index contributed by atoms with van der Waals surface area (Å²) in [7, 11) is 1.34. The number of nitrogens with two attached hydrogens (primary N) is 1. The van der Waals surface area contributed by atoms with Gasteiger partial charge in [-0.1, -0.05) is 6.92 Å². The fourth-order valence-electron chi connectivity index (χ4n) is 1.81. The zero-order valence-electron chi connectivity index (χ0n) is 10.8. The maximum Gasteiger partial charge on any atom is 0.337 e. The summed E-state index contributed by atoms with van der Waals surface area (Å²) in [6.45, 7) is 3.35. The Hall–Kier alpha value is -1.75. The second-order valence-electron chi connectivity index (χ2n) is 3.98. The van der Waals surface area contributed by atoms with Crippen LogP contribution in [0.25, 0.3) is 0 Å². The van der Waals surface area contributed by atoms with Gasteiger partial charge in [-0.2, -0.15) is 0 Å². The van der Waals surface area contributed by atoms with Gasteiger partial charge in [-0.25, -0.2) is 4.79 Å². The average Bonchev–Trinajstić information content (AvgIpc) is 2.38. The zero-order chi connectivity index (χ0) is 13.5. The number of benzene rings is 1. The molecule has 5 heteroatoms. The number of carbonyl (C=O) groups excluding carboxylic acids is 1. The Bertz CT molecular complexity index is 401. The van der Waals surface area contributed by atoms with Crippen LogP contribution in [0.2, 0.25) is 0 Å². The first kappa shape index (κ1) is 14.3. The minimum Gasteiger partial charge on any atom is -0.465 e. The van der Waals surface area contributed by atoms with Crippen molar-refractivity contribution in [3.05, 3.63) is 23.8 Å². The number of aliphatic hydroxyl groups excluding tert-OH is 1. The monoisotopic (exact) mass is 252 g/mol. The van der Waals surface area contributed by atoms with E-state index >= 15 is 0 Å². The van der Waals surface area contributed by atoms with E-state index in [-0.39, 0.29) is 6.61 Å². The lowest BCUT2D eigenvalue weighted by atomic mass is 10.1. The summed E-state index contributed by atoms with van der Waals surface area (Å²) < 4.78 is 4.68. The smallest absolute Gasteiger partial charge is 0.337 e. The van der Waals surface area contributed by atoms with Crippen molar-refractivity contribution in [3.8, 4) is 0 Å². The molecule has 0 aliphatic heterocycles. The Morgan fingerprint density at radius 2 is 2.17 bits per heavy atom. The lowest BCUT2D eigenvalue weighted by Gasteiger charge is -2.25. The maximum atomic E-state index is 11.5. The molecular formula is C13H20N2O3. The molecule has 0 aliphatic carbocycles. The Kier molecular flexibility index (Phi) is 5.45. The van der Waals surface area contributed by atoms with Gasteiger partial charge in [0.25, 0.3) is 0 Å². The van der Waals surface area contributed by atoms with E-state index in [1.807, 2.05) is 11.8 Å². The van der Waals surface area contributed by atoms with Gasteiger partial charge in [0.15, 0.2) is 0 Å². The zero-order valence-corrected chi connectivity index (χ0v) is 10.8. The number of hydrogen-bond donors (Lipinski definition) is 2. The predicted molar refractivity (Wildman–Crippen MR) is 71.8 cm³/mol. The van der Waals surface area contributed by atoms with E-state index in [0.29, 0.717) is 17.8 Å². The molecule has 1 aromatic rings. The van der Waals surface area contributed by atoms with Crippen molar-refractivity contribution >= 4 is 17.3 Å². The highest BCUT2D eigenvalue weighted by atomic mass is 16.5. The molecule has 1 aromatic carbocycles. The molecule has 0 saturated carbocycles. The van der Waals surface area contributed by atoms with E-state index in [4.69, 9.17) is 10.8 Å². The van der Waals surface area contributed by atoms with Crippen molar-refractivity contribution in [2.24, 2.45) is 0 Å². The number of nitrogen functional groups attached to an aromatic ring is 1. The molecule has 1 rings (SSSR count). The molecule has 0 spiro atoms. The van der Waals surface area contributed by atoms with E-state index in [2.05, 4.69) is 4.74 Å². The van der Waals surface area contributed by atoms with Crippen molar-refractivity contribution in [3.63, 3.8) is 0 Å². The van der Waals surface area contributed by atoms with E-state index in [1.54, 1.807) is 18.2 Å². The Morgan fingerprint density at radius 3 is 2.72 bits per heavy atom. The third kappa shape index (κ3) is 3.37. The van der Waals surface area contributed by atoms with Crippen LogP contribution in [0, 0.1) is 0 Å². The Morgan fingerprint density at radius 1 is 1.44 bits per heavy atom. The number of ether oxygens (including phenoxy) is 1. The predicted octanol–water partition coefficient (Wildman–Crippen LogP) is 1.26. The van der Waals surface area contributed by atoms with Crippen molar-refractivity contribution in [2.45, 2.75) is 13.3 Å². The molecule has 0 saturated heterocycles. The number of aliphatic hydroxyl groups is 1. The summed E-state index contributed by atoms with van der Waals surface area (Å²) in [4.78, 5) is 13.4. The maximum absolute atomic E-state index is 11.5. The third-order valence-electron chi connectivity index (χ3n) is 2.66. The molecule has 100 valence electrons. The molecule has 5 nitrogen and oxygen atoms in total. The van der Waals surface area contributed by atoms with Gasteiger partial charge in [-0.15, -0.1) is 0 Å². The molecule has 0 amide bonds. The number of hydrogen-bond acceptors (Lipinski definition) is 5. The molecule has 0 heterocycles. The average molecular weight is 252 g/mol. The van der Waals surface area contributed by atoms with Crippen LogP contribution >= 0.6 is 0 Å². The van der Waals surface area contributed by atoms with Gasteiger partial charge in [0.2, 0.25) is 0 Å². The van der Waals surface area contributed by atoms with Crippen LogP contribution in [0.4, 0.5) is 11.4 Å². The van der Waals surface area contributed by atoms with Crippen molar-refractivity contribution < 1.29 is 14.6 Å². The number of esters is 1. The molecule has 0 radical (unpaired) electrons. The molecule has 0 fully saturated rings. The molecule has 3 N–H and O–H groups in total. The lowest BCUT2D eigenvalue weighted by molar-refractivity contribution is 0.0601. The standard InChI is InChI=1S/C13H20N2O3/c1-3-6-15(7-8-16)12-9-10(13(17)18-2)4-5-11(12)14/h4-5,9,16H,3,6-8,14H2,1-2H3. The van der Waals surface area contributed by atoms with E-state index in [9.17, 15) is 4.79 Å². The summed E-state index contributed by atoms with van der Waals surface area (Å²) in [6.07, 6.45) is 0.932. The Labute approximate surface area is 107 Å². The number of anilines is 2. The second kappa shape index (κ2) is 6.86. The van der Waals surface area contributed by atoms with Crippen molar-refractivity contribution in [1.29, 1.82) is 0 Å². The molecule has 0 aliphatic rings. The SMILES string of the molecule is CCCN(CCO)c1cc(C(=O)OC)ccc1N. The summed E-state index contributed by atoms with van der Waals surface area (Å²) in [6, 6.07) is 5.02. The van der Waals surface area contributed by atoms with Crippen LogP contribution in [0.5, 0.6) is 0 Å². The fourth-order valence-corrected chi connectivity index (χ4v) is 1.81. The van der Waals surface area contributed by atoms with Gasteiger partial charge in [0.05, 0.1) is 30.7 Å². The molecular weight excluding hydrogens is 232 g/mol.